The monoisotopic (exact) mass is 1280 g/mol. The number of carboxylic acid groups (broad SMARTS) is 1. The van der Waals surface area contributed by atoms with Gasteiger partial charge in [-0.3, -0.25) is 57.5 Å². The molecular weight excluding hydrogens is 1180 g/mol. The Balaban J connectivity index is 1.41. The number of carboxylic acids is 1. The Hall–Kier alpha value is -8.73. The predicted octanol–water partition coefficient (Wildman–Crippen LogP) is -2.14. The lowest BCUT2D eigenvalue weighted by Crippen LogP contribution is -2.61. The molecule has 91 heavy (non-hydrogen) atoms. The SMILES string of the molecule is CC[C@H](C)[C@@H](N)C(=O)N[C@@H](Cc1ccc(O)cc1)C(=O)N[C@@H](CC(C)C)C(=O)NCC(=O)NCC(=O)N1CCC[C@H]1C(=O)N[C@H](Cc1ccccc1)C(=O)N[C@H](CO)C(=O)N1CCC[C@@H]1C(=O)N[C@@H](CC(N)=O)C(=O)N[C@@H](C(=O)N[C@H](CC(C)C)C(=O)O)C(C)C. The molecule has 0 unspecified atom stereocenters. The van der Waals surface area contributed by atoms with Gasteiger partial charge in [-0.05, 0) is 85.5 Å². The summed E-state index contributed by atoms with van der Waals surface area (Å²) in [5.74, 6) is -12.1. The van der Waals surface area contributed by atoms with Gasteiger partial charge in [0, 0.05) is 25.9 Å². The lowest BCUT2D eigenvalue weighted by Gasteiger charge is -2.31. The number of nitrogens with zero attached hydrogens (tertiary/aromatic N) is 2. The maximum absolute atomic E-state index is 14.3. The molecule has 0 aliphatic carbocycles. The lowest BCUT2D eigenvalue weighted by atomic mass is 9.97. The molecule has 0 radical (unpaired) electrons. The number of carbonyl (C=O) groups is 13. The van der Waals surface area contributed by atoms with Crippen molar-refractivity contribution < 1.29 is 77.6 Å². The molecule has 2 saturated heterocycles. The Morgan fingerprint density at radius 2 is 1.05 bits per heavy atom. The van der Waals surface area contributed by atoms with E-state index >= 15 is 0 Å². The number of benzene rings is 2. The summed E-state index contributed by atoms with van der Waals surface area (Å²) < 4.78 is 0. The van der Waals surface area contributed by atoms with Crippen molar-refractivity contribution in [2.45, 2.75) is 180 Å². The Morgan fingerprint density at radius 3 is 1.59 bits per heavy atom. The van der Waals surface area contributed by atoms with Crippen LogP contribution in [-0.4, -0.2) is 195 Å². The number of phenols is 1. The molecule has 4 rings (SSSR count). The number of carbonyl (C=O) groups excluding carboxylic acids is 12. The zero-order valence-corrected chi connectivity index (χ0v) is 53.1. The van der Waals surface area contributed by atoms with Crippen LogP contribution in [0.15, 0.2) is 54.6 Å². The molecule has 2 aromatic carbocycles. The summed E-state index contributed by atoms with van der Waals surface area (Å²) in [6, 6.07) is 1.46. The van der Waals surface area contributed by atoms with Gasteiger partial charge in [-0.25, -0.2) is 4.79 Å². The van der Waals surface area contributed by atoms with Gasteiger partial charge < -0.3 is 84.4 Å². The highest BCUT2D eigenvalue weighted by molar-refractivity contribution is 6.00. The lowest BCUT2D eigenvalue weighted by molar-refractivity contribution is -0.144. The van der Waals surface area contributed by atoms with Gasteiger partial charge in [0.2, 0.25) is 70.9 Å². The van der Waals surface area contributed by atoms with E-state index in [4.69, 9.17) is 11.5 Å². The average Bonchev–Trinajstić information content (AvgIpc) is 1.85. The second kappa shape index (κ2) is 36.2. The summed E-state index contributed by atoms with van der Waals surface area (Å²) >= 11 is 0. The molecule has 11 atom stereocenters. The molecule has 2 heterocycles. The minimum absolute atomic E-state index is 0.00691. The molecule has 0 saturated carbocycles. The molecule has 2 aliphatic heterocycles. The summed E-state index contributed by atoms with van der Waals surface area (Å²) in [5, 5.41) is 53.0. The number of rotatable bonds is 35. The number of hydrogen-bond donors (Lipinski definition) is 14. The Labute approximate surface area is 529 Å². The van der Waals surface area contributed by atoms with Gasteiger partial charge in [0.15, 0.2) is 0 Å². The first-order chi connectivity index (χ1) is 42.9. The van der Waals surface area contributed by atoms with E-state index in [1.54, 1.807) is 77.1 Å². The topological polar surface area (TPSA) is 449 Å². The van der Waals surface area contributed by atoms with E-state index in [1.807, 2.05) is 20.8 Å². The number of nitrogens with one attached hydrogen (secondary N) is 9. The standard InChI is InChI=1S/C62H93N13O16/c1-9-36(8)51(64)59(87)70-42(28-38-19-21-39(77)22-20-38)54(82)67-40(25-33(2)3)53(81)66-30-49(79)65-31-50(80)74-23-13-17-46(74)57(85)68-41(27-37-15-11-10-12-16-37)55(83)72-45(32-76)61(89)75-24-14-18-47(75)58(86)69-43(29-48(63)78)56(84)73-52(35(6)7)60(88)71-44(62(90)91)26-34(4)5/h10-12,15-16,19-22,33-36,40-47,51-52,76-77H,9,13-14,17-18,23-32,64H2,1-8H3,(H2,63,78)(H,65,79)(H,66,81)(H,67,82)(H,68,85)(H,69,86)(H,70,87)(H,71,88)(H,72,83)(H,73,84)(H,90,91)/t36-,40-,41+,42-,43-,44+,45+,46-,47+,51+,52+/m0/s1. The molecule has 0 aromatic heterocycles. The number of aliphatic hydroxyl groups is 1. The fourth-order valence-corrected chi connectivity index (χ4v) is 10.5. The van der Waals surface area contributed by atoms with Gasteiger partial charge in [0.25, 0.3) is 0 Å². The number of aliphatic carboxylic acids is 1. The summed E-state index contributed by atoms with van der Waals surface area (Å²) in [5.41, 5.74) is 12.8. The number of amides is 12. The number of aromatic hydroxyl groups is 1. The second-order valence-electron chi connectivity index (χ2n) is 24.4. The maximum atomic E-state index is 14.3. The van der Waals surface area contributed by atoms with Crippen LogP contribution in [-0.2, 0) is 75.2 Å². The number of likely N-dealkylation sites (tertiary alicyclic amines) is 2. The van der Waals surface area contributed by atoms with Crippen molar-refractivity contribution in [3.05, 3.63) is 65.7 Å². The number of phenolic OH excluding ortho intramolecular Hbond substituents is 1. The van der Waals surface area contributed by atoms with Crippen molar-refractivity contribution in [3.8, 4) is 5.75 Å². The zero-order valence-electron chi connectivity index (χ0n) is 53.1. The number of hydrogen-bond acceptors (Lipinski definition) is 16. The highest BCUT2D eigenvalue weighted by Gasteiger charge is 2.42. The van der Waals surface area contributed by atoms with Gasteiger partial charge in [-0.1, -0.05) is 104 Å². The van der Waals surface area contributed by atoms with Crippen molar-refractivity contribution in [1.82, 2.24) is 57.7 Å². The van der Waals surface area contributed by atoms with Gasteiger partial charge in [-0.2, -0.15) is 0 Å². The van der Waals surface area contributed by atoms with Crippen LogP contribution < -0.4 is 59.3 Å². The van der Waals surface area contributed by atoms with Crippen LogP contribution in [0.4, 0.5) is 0 Å². The molecule has 0 spiro atoms. The summed E-state index contributed by atoms with van der Waals surface area (Å²) in [6.07, 6.45) is 0.771. The molecule has 2 fully saturated rings. The number of nitrogens with two attached hydrogens (primary N) is 2. The normalized spacial score (nSPS) is 17.6. The highest BCUT2D eigenvalue weighted by Crippen LogP contribution is 2.22. The maximum Gasteiger partial charge on any atom is 0.326 e. The predicted molar refractivity (Wildman–Crippen MR) is 331 cm³/mol. The smallest absolute Gasteiger partial charge is 0.326 e. The highest BCUT2D eigenvalue weighted by atomic mass is 16.4. The van der Waals surface area contributed by atoms with Crippen molar-refractivity contribution >= 4 is 76.9 Å². The Kier molecular flexibility index (Phi) is 29.7. The van der Waals surface area contributed by atoms with Crippen molar-refractivity contribution in [2.75, 3.05) is 32.8 Å². The van der Waals surface area contributed by atoms with Crippen molar-refractivity contribution in [1.29, 1.82) is 0 Å². The fraction of sp³-hybridized carbons (Fsp3) is 0.597. The van der Waals surface area contributed by atoms with Crippen molar-refractivity contribution in [2.24, 2.45) is 35.1 Å². The first-order valence-corrected chi connectivity index (χ1v) is 30.9. The van der Waals surface area contributed by atoms with Crippen LogP contribution >= 0.6 is 0 Å². The molecule has 12 amide bonds. The van der Waals surface area contributed by atoms with Gasteiger partial charge in [0.05, 0.1) is 32.2 Å². The largest absolute Gasteiger partial charge is 0.508 e. The van der Waals surface area contributed by atoms with Crippen molar-refractivity contribution in [3.63, 3.8) is 0 Å². The molecule has 2 aliphatic rings. The van der Waals surface area contributed by atoms with E-state index in [1.165, 1.54) is 17.0 Å². The van der Waals surface area contributed by atoms with E-state index in [-0.39, 0.29) is 81.5 Å². The van der Waals surface area contributed by atoms with Gasteiger partial charge in [-0.15, -0.1) is 0 Å². The summed E-state index contributed by atoms with van der Waals surface area (Å²) in [4.78, 5) is 178. The third-order valence-electron chi connectivity index (χ3n) is 15.8. The number of aliphatic hydroxyl groups excluding tert-OH is 1. The van der Waals surface area contributed by atoms with Gasteiger partial charge >= 0.3 is 5.97 Å². The quantitative estimate of drug-likeness (QED) is 0.0350. The van der Waals surface area contributed by atoms with E-state index in [9.17, 15) is 77.6 Å². The van der Waals surface area contributed by atoms with Crippen LogP contribution in [0.1, 0.15) is 118 Å². The molecule has 0 bridgehead atoms. The first kappa shape index (κ1) is 74.7. The van der Waals surface area contributed by atoms with E-state index < -0.39 is 169 Å². The molecule has 29 heteroatoms. The molecular formula is C62H93N13O16. The van der Waals surface area contributed by atoms with Crippen LogP contribution in [0, 0.1) is 23.7 Å². The second-order valence-corrected chi connectivity index (χ2v) is 24.4. The van der Waals surface area contributed by atoms with Crippen LogP contribution in [0.3, 0.4) is 0 Å². The van der Waals surface area contributed by atoms with E-state index in [0.29, 0.717) is 24.0 Å². The van der Waals surface area contributed by atoms with E-state index in [0.717, 1.165) is 4.90 Å². The molecule has 29 nitrogen and oxygen atoms in total. The third kappa shape index (κ3) is 23.5. The summed E-state index contributed by atoms with van der Waals surface area (Å²) in [7, 11) is 0. The Bertz CT molecular complexity index is 2880. The minimum Gasteiger partial charge on any atom is -0.508 e. The zero-order chi connectivity index (χ0) is 67.8. The third-order valence-corrected chi connectivity index (χ3v) is 15.8. The fourth-order valence-electron chi connectivity index (χ4n) is 10.5. The summed E-state index contributed by atoms with van der Waals surface area (Å²) in [6.45, 7) is 11.9. The van der Waals surface area contributed by atoms with Crippen LogP contribution in [0.25, 0.3) is 0 Å². The minimum atomic E-state index is -1.68. The average molecular weight is 1280 g/mol. The molecule has 502 valence electrons. The van der Waals surface area contributed by atoms with Gasteiger partial charge in [0.1, 0.15) is 60.1 Å². The Morgan fingerprint density at radius 1 is 0.560 bits per heavy atom. The van der Waals surface area contributed by atoms with Crippen LogP contribution in [0.5, 0.6) is 5.75 Å². The van der Waals surface area contributed by atoms with E-state index in [2.05, 4.69) is 47.9 Å². The van der Waals surface area contributed by atoms with Crippen LogP contribution in [0.2, 0.25) is 0 Å². The molecule has 2 aromatic rings. The number of primary amides is 1. The first-order valence-electron chi connectivity index (χ1n) is 30.9. The molecule has 16 N–H and O–H groups in total.